The standard InChI is InChI=1S/C24H24N2O2/c1-18(2)20-10-8-19(9-11-20)16-25-26-24(27)17-28-23-14-12-22(13-15-23)21-6-4-3-5-7-21/h3-16,18H,17H2,1-2H3,(H,26,27)/b25-16-. The first-order chi connectivity index (χ1) is 13.6. The Morgan fingerprint density at radius 1 is 0.929 bits per heavy atom. The van der Waals surface area contributed by atoms with Gasteiger partial charge >= 0.3 is 0 Å². The van der Waals surface area contributed by atoms with Crippen molar-refractivity contribution in [3.05, 3.63) is 90.0 Å². The summed E-state index contributed by atoms with van der Waals surface area (Å²) in [4.78, 5) is 11.9. The lowest BCUT2D eigenvalue weighted by atomic mass is 10.0. The van der Waals surface area contributed by atoms with Crippen molar-refractivity contribution in [3.63, 3.8) is 0 Å². The minimum absolute atomic E-state index is 0.0890. The Bertz CT molecular complexity index is 915. The lowest BCUT2D eigenvalue weighted by Crippen LogP contribution is -2.24. The summed E-state index contributed by atoms with van der Waals surface area (Å²) in [5.74, 6) is 0.829. The highest BCUT2D eigenvalue weighted by molar-refractivity contribution is 5.83. The van der Waals surface area contributed by atoms with Crippen LogP contribution in [0.5, 0.6) is 5.75 Å². The van der Waals surface area contributed by atoms with Gasteiger partial charge in [0.05, 0.1) is 6.21 Å². The van der Waals surface area contributed by atoms with Crippen LogP contribution in [0.4, 0.5) is 0 Å². The zero-order valence-electron chi connectivity index (χ0n) is 16.1. The van der Waals surface area contributed by atoms with Crippen molar-refractivity contribution in [2.24, 2.45) is 5.10 Å². The Morgan fingerprint density at radius 3 is 2.21 bits per heavy atom. The van der Waals surface area contributed by atoms with Gasteiger partial charge in [-0.25, -0.2) is 5.43 Å². The molecular formula is C24H24N2O2. The normalized spacial score (nSPS) is 11.0. The van der Waals surface area contributed by atoms with E-state index in [1.807, 2.05) is 54.6 Å². The molecule has 3 rings (SSSR count). The summed E-state index contributed by atoms with van der Waals surface area (Å²) in [6.07, 6.45) is 1.62. The summed E-state index contributed by atoms with van der Waals surface area (Å²) >= 11 is 0. The van der Waals surface area contributed by atoms with E-state index in [1.165, 1.54) is 5.56 Å². The lowest BCUT2D eigenvalue weighted by Gasteiger charge is -2.07. The van der Waals surface area contributed by atoms with E-state index in [0.717, 1.165) is 16.7 Å². The SMILES string of the molecule is CC(C)c1ccc(/C=N\NC(=O)COc2ccc(-c3ccccc3)cc2)cc1. The van der Waals surface area contributed by atoms with Crippen LogP contribution < -0.4 is 10.2 Å². The van der Waals surface area contributed by atoms with E-state index >= 15 is 0 Å². The average molecular weight is 372 g/mol. The van der Waals surface area contributed by atoms with Crippen LogP contribution in [0, 0.1) is 0 Å². The second-order valence-corrected chi connectivity index (χ2v) is 6.79. The van der Waals surface area contributed by atoms with E-state index in [0.29, 0.717) is 11.7 Å². The van der Waals surface area contributed by atoms with Crippen molar-refractivity contribution >= 4 is 12.1 Å². The Kier molecular flexibility index (Phi) is 6.58. The van der Waals surface area contributed by atoms with Gasteiger partial charge in [-0.15, -0.1) is 0 Å². The molecule has 0 radical (unpaired) electrons. The van der Waals surface area contributed by atoms with Crippen molar-refractivity contribution in [1.29, 1.82) is 0 Å². The largest absolute Gasteiger partial charge is 0.484 e. The first-order valence-electron chi connectivity index (χ1n) is 9.32. The summed E-state index contributed by atoms with van der Waals surface area (Å²) in [5.41, 5.74) is 6.93. The van der Waals surface area contributed by atoms with E-state index in [9.17, 15) is 4.79 Å². The molecule has 4 heteroatoms. The maximum absolute atomic E-state index is 11.9. The fraction of sp³-hybridized carbons (Fsp3) is 0.167. The fourth-order valence-corrected chi connectivity index (χ4v) is 2.70. The van der Waals surface area contributed by atoms with Gasteiger partial charge in [-0.1, -0.05) is 80.6 Å². The highest BCUT2D eigenvalue weighted by Crippen LogP contribution is 2.22. The quantitative estimate of drug-likeness (QED) is 0.468. The molecule has 3 aromatic carbocycles. The van der Waals surface area contributed by atoms with Crippen molar-refractivity contribution < 1.29 is 9.53 Å². The summed E-state index contributed by atoms with van der Waals surface area (Å²) in [6, 6.07) is 25.9. The molecule has 0 aromatic heterocycles. The highest BCUT2D eigenvalue weighted by atomic mass is 16.5. The molecule has 4 nitrogen and oxygen atoms in total. The molecule has 0 aliphatic carbocycles. The summed E-state index contributed by atoms with van der Waals surface area (Å²) in [7, 11) is 0. The van der Waals surface area contributed by atoms with Crippen molar-refractivity contribution in [2.45, 2.75) is 19.8 Å². The van der Waals surface area contributed by atoms with Crippen molar-refractivity contribution in [3.8, 4) is 16.9 Å². The first-order valence-corrected chi connectivity index (χ1v) is 9.32. The first kappa shape index (κ1) is 19.4. The molecule has 0 fully saturated rings. The molecule has 0 spiro atoms. The third kappa shape index (κ3) is 5.55. The predicted octanol–water partition coefficient (Wildman–Crippen LogP) is 5.01. The molecular weight excluding hydrogens is 348 g/mol. The van der Waals surface area contributed by atoms with Crippen LogP contribution in [-0.2, 0) is 4.79 Å². The van der Waals surface area contributed by atoms with E-state index < -0.39 is 0 Å². The number of nitrogens with zero attached hydrogens (tertiary/aromatic N) is 1. The number of rotatable bonds is 7. The van der Waals surface area contributed by atoms with E-state index in [-0.39, 0.29) is 12.5 Å². The topological polar surface area (TPSA) is 50.7 Å². The van der Waals surface area contributed by atoms with Crippen LogP contribution in [0.3, 0.4) is 0 Å². The van der Waals surface area contributed by atoms with Crippen LogP contribution >= 0.6 is 0 Å². The van der Waals surface area contributed by atoms with Crippen LogP contribution in [-0.4, -0.2) is 18.7 Å². The molecule has 1 amide bonds. The molecule has 3 aromatic rings. The minimum atomic E-state index is -0.304. The predicted molar refractivity (Wildman–Crippen MR) is 114 cm³/mol. The smallest absolute Gasteiger partial charge is 0.277 e. The molecule has 0 saturated carbocycles. The lowest BCUT2D eigenvalue weighted by molar-refractivity contribution is -0.123. The number of amides is 1. The third-order valence-electron chi connectivity index (χ3n) is 4.34. The van der Waals surface area contributed by atoms with E-state index in [1.54, 1.807) is 6.21 Å². The zero-order chi connectivity index (χ0) is 19.8. The number of hydrazone groups is 1. The monoisotopic (exact) mass is 372 g/mol. The summed E-state index contributed by atoms with van der Waals surface area (Å²) < 4.78 is 5.52. The van der Waals surface area contributed by atoms with E-state index in [2.05, 4.69) is 48.6 Å². The van der Waals surface area contributed by atoms with Crippen molar-refractivity contribution in [1.82, 2.24) is 5.43 Å². The van der Waals surface area contributed by atoms with Gasteiger partial charge in [-0.3, -0.25) is 4.79 Å². The number of benzene rings is 3. The van der Waals surface area contributed by atoms with Gasteiger partial charge in [0.1, 0.15) is 5.75 Å². The summed E-state index contributed by atoms with van der Waals surface area (Å²) in [6.45, 7) is 4.21. The van der Waals surface area contributed by atoms with Crippen LogP contribution in [0.15, 0.2) is 84.0 Å². The number of ether oxygens (including phenoxy) is 1. The molecule has 0 saturated heterocycles. The molecule has 0 heterocycles. The Hall–Kier alpha value is -3.40. The van der Waals surface area contributed by atoms with Crippen LogP contribution in [0.25, 0.3) is 11.1 Å². The van der Waals surface area contributed by atoms with Gasteiger partial charge in [0.15, 0.2) is 6.61 Å². The molecule has 1 N–H and O–H groups in total. The van der Waals surface area contributed by atoms with Gasteiger partial charge < -0.3 is 4.74 Å². The maximum Gasteiger partial charge on any atom is 0.277 e. The zero-order valence-corrected chi connectivity index (χ0v) is 16.1. The number of carbonyl (C=O) groups is 1. The molecule has 0 unspecified atom stereocenters. The highest BCUT2D eigenvalue weighted by Gasteiger charge is 2.03. The molecule has 0 aliphatic rings. The van der Waals surface area contributed by atoms with Gasteiger partial charge in [0.2, 0.25) is 0 Å². The van der Waals surface area contributed by atoms with Crippen LogP contribution in [0.2, 0.25) is 0 Å². The van der Waals surface area contributed by atoms with E-state index in [4.69, 9.17) is 4.74 Å². The van der Waals surface area contributed by atoms with Gasteiger partial charge in [0, 0.05) is 0 Å². The Morgan fingerprint density at radius 2 is 1.57 bits per heavy atom. The maximum atomic E-state index is 11.9. The van der Waals surface area contributed by atoms with Gasteiger partial charge in [-0.2, -0.15) is 5.10 Å². The Labute approximate surface area is 165 Å². The molecule has 142 valence electrons. The number of hydrogen-bond donors (Lipinski definition) is 1. The third-order valence-corrected chi connectivity index (χ3v) is 4.34. The second kappa shape index (κ2) is 9.51. The average Bonchev–Trinajstić information content (AvgIpc) is 2.73. The number of carbonyl (C=O) groups excluding carboxylic acids is 1. The molecule has 0 bridgehead atoms. The number of hydrogen-bond acceptors (Lipinski definition) is 3. The number of nitrogens with one attached hydrogen (secondary N) is 1. The molecule has 28 heavy (non-hydrogen) atoms. The van der Waals surface area contributed by atoms with Crippen molar-refractivity contribution in [2.75, 3.05) is 6.61 Å². The van der Waals surface area contributed by atoms with Gasteiger partial charge in [0.25, 0.3) is 5.91 Å². The van der Waals surface area contributed by atoms with Crippen LogP contribution in [0.1, 0.15) is 30.9 Å². The molecule has 0 atom stereocenters. The second-order valence-electron chi connectivity index (χ2n) is 6.79. The van der Waals surface area contributed by atoms with Gasteiger partial charge in [-0.05, 0) is 40.3 Å². The summed E-state index contributed by atoms with van der Waals surface area (Å²) in [5, 5.41) is 3.98. The fourth-order valence-electron chi connectivity index (χ4n) is 2.70. The molecule has 0 aliphatic heterocycles. The Balaban J connectivity index is 1.46. The minimum Gasteiger partial charge on any atom is -0.484 e.